The molecule has 2 fully saturated rings. The molecule has 1 aromatic carbocycles. The van der Waals surface area contributed by atoms with Crippen molar-refractivity contribution in [1.29, 1.82) is 0 Å². The number of fused-ring (bicyclic) bond motifs is 1. The van der Waals surface area contributed by atoms with Crippen molar-refractivity contribution in [2.75, 3.05) is 39.5 Å². The summed E-state index contributed by atoms with van der Waals surface area (Å²) in [5.74, 6) is 1.08. The Morgan fingerprint density at radius 1 is 1.26 bits per heavy atom. The van der Waals surface area contributed by atoms with Gasteiger partial charge in [-0.05, 0) is 44.9 Å². The molecule has 0 radical (unpaired) electrons. The number of sulfonamides is 1. The number of aromatic nitrogens is 4. The molecule has 1 aliphatic carbocycles. The number of hydrogen-bond donors (Lipinski definition) is 1. The predicted molar refractivity (Wildman–Crippen MR) is 135 cm³/mol. The molecule has 35 heavy (non-hydrogen) atoms. The van der Waals surface area contributed by atoms with E-state index in [1.165, 1.54) is 28.9 Å². The second kappa shape index (κ2) is 9.21. The number of anilines is 1. The van der Waals surface area contributed by atoms with Crippen LogP contribution in [0.15, 0.2) is 36.0 Å². The number of nitrogens with zero attached hydrogens (tertiary/aromatic N) is 6. The Hall–Kier alpha value is -3.02. The first-order valence-corrected chi connectivity index (χ1v) is 13.3. The molecule has 5 rings (SSSR count). The molecule has 2 aromatic heterocycles. The zero-order valence-electron chi connectivity index (χ0n) is 20.3. The second-order valence-corrected chi connectivity index (χ2v) is 11.1. The molecule has 1 saturated heterocycles. The van der Waals surface area contributed by atoms with E-state index in [1.807, 2.05) is 32.2 Å². The first-order chi connectivity index (χ1) is 16.8. The van der Waals surface area contributed by atoms with Gasteiger partial charge < -0.3 is 10.5 Å². The van der Waals surface area contributed by atoms with Gasteiger partial charge in [-0.25, -0.2) is 23.1 Å². The van der Waals surface area contributed by atoms with E-state index in [0.717, 1.165) is 16.9 Å². The molecule has 3 heterocycles. The summed E-state index contributed by atoms with van der Waals surface area (Å²) in [6.45, 7) is 3.35. The summed E-state index contributed by atoms with van der Waals surface area (Å²) in [5, 5.41) is 6.86. The Kier molecular flexibility index (Phi) is 6.24. The van der Waals surface area contributed by atoms with Crippen LogP contribution in [0.2, 0.25) is 0 Å². The van der Waals surface area contributed by atoms with Crippen LogP contribution in [0.3, 0.4) is 0 Å². The topological polar surface area (TPSA) is 119 Å². The van der Waals surface area contributed by atoms with E-state index in [-0.39, 0.29) is 6.04 Å². The lowest BCUT2D eigenvalue weighted by atomic mass is 10.1. The smallest absolute Gasteiger partial charge is 0.236 e. The molecule has 1 aliphatic heterocycles. The molecule has 1 saturated carbocycles. The summed E-state index contributed by atoms with van der Waals surface area (Å²) in [4.78, 5) is 10.8. The van der Waals surface area contributed by atoms with Gasteiger partial charge in [0.25, 0.3) is 0 Å². The summed E-state index contributed by atoms with van der Waals surface area (Å²) < 4.78 is 34.7. The van der Waals surface area contributed by atoms with Crippen molar-refractivity contribution in [2.45, 2.75) is 38.3 Å². The molecule has 0 bridgehead atoms. The molecular weight excluding hydrogens is 466 g/mol. The second-order valence-electron chi connectivity index (χ2n) is 9.32. The highest BCUT2D eigenvalue weighted by Crippen LogP contribution is 2.36. The molecule has 1 atom stereocenters. The number of aryl methyl sites for hydroxylation is 1. The Morgan fingerprint density at radius 3 is 2.80 bits per heavy atom. The highest BCUT2D eigenvalue weighted by molar-refractivity contribution is 7.92. The van der Waals surface area contributed by atoms with Crippen LogP contribution in [0.1, 0.15) is 30.9 Å². The number of hydrogen-bond acceptors (Lipinski definition) is 8. The molecule has 11 heteroatoms. The average Bonchev–Trinajstić information content (AvgIpc) is 3.43. The van der Waals surface area contributed by atoms with Crippen molar-refractivity contribution < 1.29 is 13.2 Å². The number of benzene rings is 1. The van der Waals surface area contributed by atoms with Gasteiger partial charge in [-0.2, -0.15) is 9.40 Å². The third-order valence-corrected chi connectivity index (χ3v) is 8.45. The van der Waals surface area contributed by atoms with Crippen LogP contribution < -0.4 is 10.5 Å². The molecule has 2 N–H and O–H groups in total. The lowest BCUT2D eigenvalue weighted by molar-refractivity contribution is 0.360. The molecule has 0 unspecified atom stereocenters. The standard InChI is InChI=1S/C24H31N7O3S/c1-16-5-6-17(13-20(16)34-3)22-21-23(25)26-15-27-24(21)31(28-22)19-9-11-30(14-19)35(32,33)12-4-10-29(2)18-7-8-18/h4-6,12-13,15,18-19H,7-11,14H2,1-3H3,(H2,25,26,27)/t19-/m1/s1. The van der Waals surface area contributed by atoms with E-state index in [0.29, 0.717) is 54.6 Å². The fraction of sp³-hybridized carbons (Fsp3) is 0.458. The maximum atomic E-state index is 13.0. The highest BCUT2D eigenvalue weighted by Gasteiger charge is 2.33. The van der Waals surface area contributed by atoms with Gasteiger partial charge in [-0.15, -0.1) is 0 Å². The van der Waals surface area contributed by atoms with E-state index in [4.69, 9.17) is 15.6 Å². The van der Waals surface area contributed by atoms with E-state index >= 15 is 0 Å². The largest absolute Gasteiger partial charge is 0.496 e. The molecule has 3 aromatic rings. The minimum atomic E-state index is -3.51. The van der Waals surface area contributed by atoms with Crippen molar-refractivity contribution in [3.05, 3.63) is 41.6 Å². The number of methoxy groups -OCH3 is 1. The Balaban J connectivity index is 1.43. The number of nitrogen functional groups attached to an aromatic ring is 1. The van der Waals surface area contributed by atoms with Crippen LogP contribution >= 0.6 is 0 Å². The summed E-state index contributed by atoms with van der Waals surface area (Å²) in [5.41, 5.74) is 9.35. The summed E-state index contributed by atoms with van der Waals surface area (Å²) in [6.07, 6.45) is 6.16. The molecule has 186 valence electrons. The van der Waals surface area contributed by atoms with E-state index < -0.39 is 10.0 Å². The Labute approximate surface area is 205 Å². The van der Waals surface area contributed by atoms with Crippen LogP contribution in [0.4, 0.5) is 5.82 Å². The van der Waals surface area contributed by atoms with Crippen molar-refractivity contribution >= 4 is 26.9 Å². The van der Waals surface area contributed by atoms with Gasteiger partial charge in [0.2, 0.25) is 10.0 Å². The van der Waals surface area contributed by atoms with E-state index in [1.54, 1.807) is 17.9 Å². The predicted octanol–water partition coefficient (Wildman–Crippen LogP) is 2.58. The van der Waals surface area contributed by atoms with Crippen molar-refractivity contribution in [1.82, 2.24) is 29.0 Å². The lowest BCUT2D eigenvalue weighted by Crippen LogP contribution is -2.28. The maximum Gasteiger partial charge on any atom is 0.236 e. The third kappa shape index (κ3) is 4.63. The Bertz CT molecular complexity index is 1380. The van der Waals surface area contributed by atoms with Gasteiger partial charge in [0, 0.05) is 36.6 Å². The minimum absolute atomic E-state index is 0.162. The summed E-state index contributed by atoms with van der Waals surface area (Å²) >= 11 is 0. The molecule has 2 aliphatic rings. The van der Waals surface area contributed by atoms with E-state index in [9.17, 15) is 8.42 Å². The van der Waals surface area contributed by atoms with Gasteiger partial charge in [0.05, 0.1) is 18.5 Å². The average molecular weight is 498 g/mol. The van der Waals surface area contributed by atoms with Crippen LogP contribution in [0.25, 0.3) is 22.3 Å². The minimum Gasteiger partial charge on any atom is -0.496 e. The fourth-order valence-electron chi connectivity index (χ4n) is 4.64. The van der Waals surface area contributed by atoms with Crippen molar-refractivity contribution in [2.24, 2.45) is 0 Å². The lowest BCUT2D eigenvalue weighted by Gasteiger charge is -2.15. The Morgan fingerprint density at radius 2 is 2.06 bits per heavy atom. The first-order valence-electron chi connectivity index (χ1n) is 11.8. The first kappa shape index (κ1) is 23.7. The maximum absolute atomic E-state index is 13.0. The van der Waals surface area contributed by atoms with Gasteiger partial charge in [-0.1, -0.05) is 18.2 Å². The molecule has 0 spiro atoms. The van der Waals surface area contributed by atoms with Crippen molar-refractivity contribution in [3.8, 4) is 17.0 Å². The fourth-order valence-corrected chi connectivity index (χ4v) is 5.88. The van der Waals surface area contributed by atoms with Crippen LogP contribution in [0, 0.1) is 6.92 Å². The summed E-state index contributed by atoms with van der Waals surface area (Å²) in [7, 11) is 0.146. The zero-order chi connectivity index (χ0) is 24.7. The van der Waals surface area contributed by atoms with Crippen LogP contribution in [-0.2, 0) is 10.0 Å². The number of ether oxygens (including phenoxy) is 1. The molecule has 0 amide bonds. The number of rotatable bonds is 8. The number of likely N-dealkylation sites (N-methyl/N-ethyl adjacent to an activating group) is 1. The normalized spacial score (nSPS) is 19.4. The highest BCUT2D eigenvalue weighted by atomic mass is 32.2. The summed E-state index contributed by atoms with van der Waals surface area (Å²) in [6, 6.07) is 6.28. The van der Waals surface area contributed by atoms with Gasteiger partial charge >= 0.3 is 0 Å². The van der Waals surface area contributed by atoms with Crippen molar-refractivity contribution in [3.63, 3.8) is 0 Å². The van der Waals surface area contributed by atoms with Gasteiger partial charge in [-0.3, -0.25) is 4.90 Å². The monoisotopic (exact) mass is 497 g/mol. The van der Waals surface area contributed by atoms with Gasteiger partial charge in [0.1, 0.15) is 23.6 Å². The zero-order valence-corrected chi connectivity index (χ0v) is 21.1. The van der Waals surface area contributed by atoms with Crippen LogP contribution in [0.5, 0.6) is 5.75 Å². The quantitative estimate of drug-likeness (QED) is 0.504. The third-order valence-electron chi connectivity index (χ3n) is 6.86. The molecule has 10 nitrogen and oxygen atoms in total. The van der Waals surface area contributed by atoms with Crippen LogP contribution in [-0.4, -0.2) is 77.2 Å². The van der Waals surface area contributed by atoms with Gasteiger partial charge in [0.15, 0.2) is 5.65 Å². The SMILES string of the molecule is COc1cc(-c2nn([C@@H]3CCN(S(=O)(=O)C=CCN(C)C4CC4)C3)c3ncnc(N)c23)ccc1C. The van der Waals surface area contributed by atoms with E-state index in [2.05, 4.69) is 14.9 Å². The number of nitrogens with two attached hydrogens (primary N) is 1. The molecular formula is C24H31N7O3S.